The molecule has 0 spiro atoms. The van der Waals surface area contributed by atoms with Crippen LogP contribution in [0.2, 0.25) is 5.02 Å². The minimum atomic E-state index is -0.196. The van der Waals surface area contributed by atoms with Crippen LogP contribution in [0.1, 0.15) is 54.6 Å². The van der Waals surface area contributed by atoms with Gasteiger partial charge in [0, 0.05) is 31.8 Å². The first-order valence-electron chi connectivity index (χ1n) is 11.9. The van der Waals surface area contributed by atoms with Gasteiger partial charge in [-0.05, 0) is 68.7 Å². The number of carbonyl (C=O) groups excluding carboxylic acids is 1. The molecule has 1 aliphatic carbocycles. The van der Waals surface area contributed by atoms with E-state index in [0.717, 1.165) is 68.7 Å². The summed E-state index contributed by atoms with van der Waals surface area (Å²) in [6.45, 7) is 1.93. The fourth-order valence-corrected chi connectivity index (χ4v) is 4.73. The predicted octanol–water partition coefficient (Wildman–Crippen LogP) is 3.77. The number of ether oxygens (including phenoxy) is 1. The number of aliphatic hydroxyl groups excluding tert-OH is 1. The van der Waals surface area contributed by atoms with Crippen molar-refractivity contribution < 1.29 is 14.6 Å². The lowest BCUT2D eigenvalue weighted by molar-refractivity contribution is 0.0888. The normalized spacial score (nSPS) is 20.9. The highest BCUT2D eigenvalue weighted by Crippen LogP contribution is 2.27. The lowest BCUT2D eigenvalue weighted by atomic mass is 9.93. The maximum Gasteiger partial charge on any atom is 0.312 e. The third kappa shape index (κ3) is 6.16. The fraction of sp³-hybridized carbons (Fsp3) is 0.520. The second-order valence-electron chi connectivity index (χ2n) is 8.93. The molecule has 2 heterocycles. The second-order valence-corrected chi connectivity index (χ2v) is 9.34. The highest BCUT2D eigenvalue weighted by atomic mass is 35.5. The van der Waals surface area contributed by atoms with E-state index in [9.17, 15) is 9.90 Å². The van der Waals surface area contributed by atoms with E-state index >= 15 is 0 Å². The lowest BCUT2D eigenvalue weighted by Gasteiger charge is -2.31. The predicted molar refractivity (Wildman–Crippen MR) is 132 cm³/mol. The third-order valence-corrected chi connectivity index (χ3v) is 6.88. The molecular weight excluding hydrogens is 454 g/mol. The van der Waals surface area contributed by atoms with Crippen molar-refractivity contribution >= 4 is 23.3 Å². The van der Waals surface area contributed by atoms with E-state index in [0.29, 0.717) is 16.6 Å². The number of hydrogen-bond donors (Lipinski definition) is 2. The molecule has 1 aromatic heterocycles. The highest BCUT2D eigenvalue weighted by Gasteiger charge is 2.25. The van der Waals surface area contributed by atoms with Crippen LogP contribution >= 0.6 is 11.6 Å². The molecule has 0 radical (unpaired) electrons. The molecule has 1 amide bonds. The first-order chi connectivity index (χ1) is 16.6. The molecule has 0 atom stereocenters. The number of carbonyl (C=O) groups is 1. The number of aliphatic hydroxyl groups is 1. The molecule has 8 nitrogen and oxygen atoms in total. The molecule has 4 rings (SSSR count). The van der Waals surface area contributed by atoms with Crippen LogP contribution in [0.5, 0.6) is 5.75 Å². The van der Waals surface area contributed by atoms with Crippen molar-refractivity contribution in [1.82, 2.24) is 15.5 Å². The summed E-state index contributed by atoms with van der Waals surface area (Å²) in [4.78, 5) is 18.7. The largest absolute Gasteiger partial charge is 0.490 e. The van der Waals surface area contributed by atoms with Crippen molar-refractivity contribution in [3.05, 3.63) is 51.5 Å². The van der Waals surface area contributed by atoms with E-state index in [1.54, 1.807) is 19.2 Å². The Morgan fingerprint density at radius 2 is 1.94 bits per heavy atom. The first kappa shape index (κ1) is 24.2. The van der Waals surface area contributed by atoms with Gasteiger partial charge >= 0.3 is 6.07 Å². The molecule has 1 saturated heterocycles. The quantitative estimate of drug-likeness (QED) is 0.648. The van der Waals surface area contributed by atoms with Crippen LogP contribution in [0.4, 0.5) is 5.82 Å². The SMILES string of the molecule is C[N+]#Cc1ccc(OC2CCC(NC(=O)c3ccc(N4CCC(CO)CC4)nn3)CC2)cc1Cl. The number of amides is 1. The molecule has 2 N–H and O–H groups in total. The van der Waals surface area contributed by atoms with E-state index in [1.807, 2.05) is 18.2 Å². The Bertz CT molecular complexity index is 1040. The zero-order valence-electron chi connectivity index (χ0n) is 19.4. The smallest absolute Gasteiger partial charge is 0.312 e. The van der Waals surface area contributed by atoms with Crippen molar-refractivity contribution in [1.29, 1.82) is 0 Å². The summed E-state index contributed by atoms with van der Waals surface area (Å²) < 4.78 is 6.10. The van der Waals surface area contributed by atoms with Gasteiger partial charge in [0.25, 0.3) is 13.0 Å². The van der Waals surface area contributed by atoms with Crippen molar-refractivity contribution in [2.75, 3.05) is 31.6 Å². The summed E-state index contributed by atoms with van der Waals surface area (Å²) in [5.74, 6) is 1.68. The summed E-state index contributed by atoms with van der Waals surface area (Å²) in [7, 11) is 1.66. The standard InChI is InChI=1S/C25H30ClN5O3/c1-27-15-18-2-5-21(14-22(18)26)34-20-6-3-19(4-7-20)28-25(33)23-8-9-24(30-29-23)31-12-10-17(16-32)11-13-31/h2,5,8-9,14,17,19-20,32H,3-4,6-7,10-13,16H2,1H3/p+1. The van der Waals surface area contributed by atoms with Gasteiger partial charge in [0.1, 0.15) is 11.3 Å². The Morgan fingerprint density at radius 1 is 1.18 bits per heavy atom. The van der Waals surface area contributed by atoms with Gasteiger partial charge in [-0.15, -0.1) is 10.2 Å². The molecule has 1 saturated carbocycles. The van der Waals surface area contributed by atoms with Crippen LogP contribution in [0, 0.1) is 12.0 Å². The average molecular weight is 485 g/mol. The average Bonchev–Trinajstić information content (AvgIpc) is 2.87. The van der Waals surface area contributed by atoms with Crippen LogP contribution in [-0.4, -0.2) is 60.1 Å². The first-order valence-corrected chi connectivity index (χ1v) is 12.2. The van der Waals surface area contributed by atoms with Gasteiger partial charge in [-0.25, -0.2) is 0 Å². The summed E-state index contributed by atoms with van der Waals surface area (Å²) >= 11 is 6.26. The molecule has 0 unspecified atom stereocenters. The van der Waals surface area contributed by atoms with Gasteiger partial charge < -0.3 is 20.1 Å². The van der Waals surface area contributed by atoms with Gasteiger partial charge in [-0.2, -0.15) is 0 Å². The van der Waals surface area contributed by atoms with Crippen molar-refractivity contribution in [3.8, 4) is 11.8 Å². The third-order valence-electron chi connectivity index (χ3n) is 6.56. The summed E-state index contributed by atoms with van der Waals surface area (Å²) in [5, 5.41) is 21.4. The number of benzene rings is 1. The molecule has 180 valence electrons. The molecule has 9 heteroatoms. The van der Waals surface area contributed by atoms with Gasteiger partial charge in [-0.3, -0.25) is 4.79 Å². The lowest BCUT2D eigenvalue weighted by Crippen LogP contribution is -2.40. The van der Waals surface area contributed by atoms with Gasteiger partial charge in [0.15, 0.2) is 11.5 Å². The van der Waals surface area contributed by atoms with Gasteiger partial charge in [0.2, 0.25) is 0 Å². The summed E-state index contributed by atoms with van der Waals surface area (Å²) in [6, 6.07) is 12.0. The molecule has 0 bridgehead atoms. The zero-order chi connectivity index (χ0) is 23.9. The molecule has 2 aliphatic rings. The van der Waals surface area contributed by atoms with Crippen LogP contribution < -0.4 is 15.0 Å². The molecule has 1 aliphatic heterocycles. The highest BCUT2D eigenvalue weighted by molar-refractivity contribution is 6.31. The Morgan fingerprint density at radius 3 is 2.56 bits per heavy atom. The van der Waals surface area contributed by atoms with Crippen molar-refractivity contribution in [2.24, 2.45) is 5.92 Å². The van der Waals surface area contributed by atoms with Gasteiger partial charge in [-0.1, -0.05) is 16.4 Å². The van der Waals surface area contributed by atoms with Crippen LogP contribution in [0.25, 0.3) is 4.85 Å². The number of anilines is 1. The Kier molecular flexibility index (Phi) is 8.20. The number of hydrogen-bond acceptors (Lipinski definition) is 6. The number of rotatable bonds is 6. The summed E-state index contributed by atoms with van der Waals surface area (Å²) in [5.41, 5.74) is 1.07. The topological polar surface area (TPSA) is 91.9 Å². The molecule has 1 aromatic carbocycles. The van der Waals surface area contributed by atoms with Crippen LogP contribution in [-0.2, 0) is 0 Å². The Balaban J connectivity index is 1.23. The number of halogens is 1. The zero-order valence-corrected chi connectivity index (χ0v) is 20.2. The monoisotopic (exact) mass is 484 g/mol. The minimum Gasteiger partial charge on any atom is -0.490 e. The maximum atomic E-state index is 12.7. The number of nitrogens with one attached hydrogen (secondary N) is 1. The molecule has 2 fully saturated rings. The summed E-state index contributed by atoms with van der Waals surface area (Å²) in [6.07, 6.45) is 5.35. The Labute approximate surface area is 205 Å². The number of nitrogens with zero attached hydrogens (tertiary/aromatic N) is 4. The second kappa shape index (κ2) is 11.5. The molecule has 2 aromatic rings. The Hall–Kier alpha value is -2.89. The number of aromatic nitrogens is 2. The van der Waals surface area contributed by atoms with Crippen LogP contribution in [0.15, 0.2) is 30.3 Å². The van der Waals surface area contributed by atoms with E-state index in [2.05, 4.69) is 31.3 Å². The fourth-order valence-electron chi connectivity index (χ4n) is 4.52. The maximum absolute atomic E-state index is 12.7. The van der Waals surface area contributed by atoms with E-state index in [4.69, 9.17) is 16.3 Å². The van der Waals surface area contributed by atoms with Crippen molar-refractivity contribution in [3.63, 3.8) is 0 Å². The van der Waals surface area contributed by atoms with E-state index in [-0.39, 0.29) is 24.7 Å². The molecule has 34 heavy (non-hydrogen) atoms. The van der Waals surface area contributed by atoms with Crippen molar-refractivity contribution in [2.45, 2.75) is 50.7 Å². The minimum absolute atomic E-state index is 0.0904. The molecular formula is C25H31ClN5O3+. The van der Waals surface area contributed by atoms with E-state index in [1.165, 1.54) is 0 Å². The number of piperidine rings is 1. The van der Waals surface area contributed by atoms with Crippen LogP contribution in [0.3, 0.4) is 0 Å². The van der Waals surface area contributed by atoms with Gasteiger partial charge in [0.05, 0.1) is 11.1 Å². The van der Waals surface area contributed by atoms with E-state index < -0.39 is 0 Å².